The van der Waals surface area contributed by atoms with Crippen molar-refractivity contribution >= 4 is 5.97 Å². The summed E-state index contributed by atoms with van der Waals surface area (Å²) in [6.45, 7) is 2.16. The Morgan fingerprint density at radius 3 is 2.47 bits per heavy atom. The number of hydrogen-bond acceptors (Lipinski definition) is 3. The number of hydrogen-bond donors (Lipinski definition) is 3. The summed E-state index contributed by atoms with van der Waals surface area (Å²) in [4.78, 5) is 11.0. The maximum absolute atomic E-state index is 12.9. The van der Waals surface area contributed by atoms with E-state index in [9.17, 15) is 13.6 Å². The number of alkyl halides is 2. The topological polar surface area (TPSA) is 89.3 Å². The highest BCUT2D eigenvalue weighted by Crippen LogP contribution is 2.27. The van der Waals surface area contributed by atoms with E-state index in [2.05, 4.69) is 0 Å². The van der Waals surface area contributed by atoms with Crippen LogP contribution in [0.15, 0.2) is 11.6 Å². The first-order chi connectivity index (χ1) is 7.91. The minimum Gasteiger partial charge on any atom is -0.479 e. The third-order valence-electron chi connectivity index (χ3n) is 2.59. The molecular weight excluding hydrogens is 230 g/mol. The maximum Gasteiger partial charge on any atom is 0.334 e. The van der Waals surface area contributed by atoms with E-state index in [1.807, 2.05) is 6.92 Å². The predicted octanol–water partition coefficient (Wildman–Crippen LogP) is 1.50. The Bertz CT molecular complexity index is 283. The largest absolute Gasteiger partial charge is 0.479 e. The zero-order valence-electron chi connectivity index (χ0n) is 9.96. The van der Waals surface area contributed by atoms with Crippen molar-refractivity contribution in [2.24, 2.45) is 11.5 Å². The monoisotopic (exact) mass is 250 g/mol. The lowest BCUT2D eigenvalue weighted by Gasteiger charge is -2.27. The van der Waals surface area contributed by atoms with Crippen molar-refractivity contribution in [3.63, 3.8) is 0 Å². The van der Waals surface area contributed by atoms with E-state index in [0.717, 1.165) is 6.42 Å². The summed E-state index contributed by atoms with van der Waals surface area (Å²) < 4.78 is 25.7. The molecule has 0 radical (unpaired) electrons. The van der Waals surface area contributed by atoms with Crippen molar-refractivity contribution < 1.29 is 18.7 Å². The van der Waals surface area contributed by atoms with Gasteiger partial charge in [0.2, 0.25) is 0 Å². The molecule has 1 unspecified atom stereocenters. The Balaban J connectivity index is 5.14. The van der Waals surface area contributed by atoms with Crippen LogP contribution in [0.2, 0.25) is 0 Å². The molecule has 0 aliphatic carbocycles. The van der Waals surface area contributed by atoms with E-state index in [4.69, 9.17) is 16.6 Å². The Labute approximate surface area is 99.7 Å². The van der Waals surface area contributed by atoms with Gasteiger partial charge in [0.25, 0.3) is 6.43 Å². The van der Waals surface area contributed by atoms with Crippen molar-refractivity contribution in [1.29, 1.82) is 0 Å². The van der Waals surface area contributed by atoms with Gasteiger partial charge >= 0.3 is 5.97 Å². The van der Waals surface area contributed by atoms with Crippen molar-refractivity contribution in [2.45, 2.75) is 44.6 Å². The van der Waals surface area contributed by atoms with Crippen LogP contribution in [0.5, 0.6) is 0 Å². The van der Waals surface area contributed by atoms with Crippen LogP contribution in [0.3, 0.4) is 0 Å². The molecule has 0 bridgehead atoms. The second-order valence-corrected chi connectivity index (χ2v) is 3.89. The summed E-state index contributed by atoms with van der Waals surface area (Å²) in [5.41, 5.74) is 8.10. The van der Waals surface area contributed by atoms with Crippen LogP contribution in [-0.4, -0.2) is 29.6 Å². The van der Waals surface area contributed by atoms with Gasteiger partial charge < -0.3 is 16.6 Å². The Hall–Kier alpha value is -1.01. The average Bonchev–Trinajstić information content (AvgIpc) is 2.27. The number of carbonyl (C=O) groups is 1. The highest BCUT2D eigenvalue weighted by molar-refractivity contribution is 5.83. The molecule has 6 heteroatoms. The first-order valence-electron chi connectivity index (χ1n) is 5.61. The molecule has 0 rings (SSSR count). The van der Waals surface area contributed by atoms with Gasteiger partial charge in [-0.2, -0.15) is 0 Å². The standard InChI is InChI=1S/C11H20F2N2O2/c1-2-3-5-8(6-4-7-14)11(15,9(12)13)10(16)17/h6,9H,2-5,7,14-15H2,1H3,(H,16,17)/b8-6+. The third kappa shape index (κ3) is 4.05. The van der Waals surface area contributed by atoms with E-state index >= 15 is 0 Å². The molecule has 0 aromatic rings. The van der Waals surface area contributed by atoms with Gasteiger partial charge in [0.15, 0.2) is 5.54 Å². The molecule has 0 aromatic carbocycles. The number of carboxylic acid groups (broad SMARTS) is 1. The molecule has 100 valence electrons. The third-order valence-corrected chi connectivity index (χ3v) is 2.59. The molecule has 0 aromatic heterocycles. The number of aliphatic carboxylic acids is 1. The zero-order valence-corrected chi connectivity index (χ0v) is 9.96. The molecule has 1 atom stereocenters. The molecule has 0 aliphatic heterocycles. The maximum atomic E-state index is 12.9. The smallest absolute Gasteiger partial charge is 0.334 e. The molecule has 4 nitrogen and oxygen atoms in total. The van der Waals surface area contributed by atoms with Crippen LogP contribution in [0.4, 0.5) is 8.78 Å². The average molecular weight is 250 g/mol. The number of nitrogens with two attached hydrogens (primary N) is 2. The second-order valence-electron chi connectivity index (χ2n) is 3.89. The molecule has 0 spiro atoms. The molecule has 0 fully saturated rings. The lowest BCUT2D eigenvalue weighted by atomic mass is 9.86. The number of carboxylic acids is 1. The SMILES string of the molecule is CCCC/C(=C\CCN)C(N)(C(=O)O)C(F)F. The van der Waals surface area contributed by atoms with Crippen molar-refractivity contribution in [2.75, 3.05) is 6.54 Å². The Morgan fingerprint density at radius 1 is 1.53 bits per heavy atom. The first kappa shape index (κ1) is 16.0. The molecule has 0 saturated carbocycles. The minimum absolute atomic E-state index is 0.0623. The van der Waals surface area contributed by atoms with E-state index in [0.29, 0.717) is 12.8 Å². The lowest BCUT2D eigenvalue weighted by molar-refractivity contribution is -0.147. The summed E-state index contributed by atoms with van der Waals surface area (Å²) in [5.74, 6) is -1.70. The van der Waals surface area contributed by atoms with Crippen LogP contribution in [0, 0.1) is 0 Å². The Morgan fingerprint density at radius 2 is 2.12 bits per heavy atom. The minimum atomic E-state index is -3.14. The van der Waals surface area contributed by atoms with Crippen molar-refractivity contribution in [3.8, 4) is 0 Å². The molecule has 5 N–H and O–H groups in total. The highest BCUT2D eigenvalue weighted by atomic mass is 19.3. The zero-order chi connectivity index (χ0) is 13.5. The summed E-state index contributed by atoms with van der Waals surface area (Å²) in [5, 5.41) is 8.89. The second kappa shape index (κ2) is 7.34. The normalized spacial score (nSPS) is 16.0. The fourth-order valence-electron chi connectivity index (χ4n) is 1.47. The fraction of sp³-hybridized carbons (Fsp3) is 0.727. The summed E-state index contributed by atoms with van der Waals surface area (Å²) in [7, 11) is 0. The van der Waals surface area contributed by atoms with Gasteiger partial charge in [-0.1, -0.05) is 19.4 Å². The summed E-state index contributed by atoms with van der Waals surface area (Å²) in [6, 6.07) is 0. The fourth-order valence-corrected chi connectivity index (χ4v) is 1.47. The lowest BCUT2D eigenvalue weighted by Crippen LogP contribution is -2.55. The van der Waals surface area contributed by atoms with E-state index in [-0.39, 0.29) is 18.5 Å². The van der Waals surface area contributed by atoms with E-state index in [1.165, 1.54) is 6.08 Å². The van der Waals surface area contributed by atoms with Crippen molar-refractivity contribution in [1.82, 2.24) is 0 Å². The molecular formula is C11H20F2N2O2. The molecule has 17 heavy (non-hydrogen) atoms. The van der Waals surface area contributed by atoms with Gasteiger partial charge in [-0.05, 0) is 31.4 Å². The number of halogens is 2. The van der Waals surface area contributed by atoms with Gasteiger partial charge in [0.05, 0.1) is 0 Å². The van der Waals surface area contributed by atoms with Gasteiger partial charge in [-0.15, -0.1) is 0 Å². The van der Waals surface area contributed by atoms with Gasteiger partial charge in [0.1, 0.15) is 0 Å². The van der Waals surface area contributed by atoms with E-state index in [1.54, 1.807) is 0 Å². The highest BCUT2D eigenvalue weighted by Gasteiger charge is 2.46. The first-order valence-corrected chi connectivity index (χ1v) is 5.61. The van der Waals surface area contributed by atoms with Gasteiger partial charge in [0, 0.05) is 0 Å². The van der Waals surface area contributed by atoms with Crippen LogP contribution >= 0.6 is 0 Å². The number of unbranched alkanes of at least 4 members (excludes halogenated alkanes) is 1. The van der Waals surface area contributed by atoms with Crippen LogP contribution in [0.1, 0.15) is 32.6 Å². The van der Waals surface area contributed by atoms with Crippen LogP contribution in [-0.2, 0) is 4.79 Å². The molecule has 0 saturated heterocycles. The van der Waals surface area contributed by atoms with E-state index < -0.39 is 17.9 Å². The van der Waals surface area contributed by atoms with Gasteiger partial charge in [-0.3, -0.25) is 0 Å². The van der Waals surface area contributed by atoms with Crippen LogP contribution < -0.4 is 11.5 Å². The molecule has 0 amide bonds. The predicted molar refractivity (Wildman–Crippen MR) is 61.8 cm³/mol. The molecule has 0 heterocycles. The van der Waals surface area contributed by atoms with Crippen molar-refractivity contribution in [3.05, 3.63) is 11.6 Å². The van der Waals surface area contributed by atoms with Gasteiger partial charge in [-0.25, -0.2) is 13.6 Å². The number of rotatable bonds is 8. The quantitative estimate of drug-likeness (QED) is 0.569. The van der Waals surface area contributed by atoms with Crippen LogP contribution in [0.25, 0.3) is 0 Å². The summed E-state index contributed by atoms with van der Waals surface area (Å²) >= 11 is 0. The molecule has 0 aliphatic rings. The summed E-state index contributed by atoms with van der Waals surface area (Å²) in [6.07, 6.45) is 0.284. The Kier molecular flexibility index (Phi) is 6.91.